The van der Waals surface area contributed by atoms with Crippen molar-refractivity contribution in [2.45, 2.75) is 32.9 Å². The van der Waals surface area contributed by atoms with E-state index in [-0.39, 0.29) is 6.10 Å². The summed E-state index contributed by atoms with van der Waals surface area (Å²) < 4.78 is 0. The SMILES string of the molecule is Cc1c(-c2ccccc2)cccc1-c1nc2c(s1)CN(C[C@H](C)O)CC2. The second-order valence-corrected chi connectivity index (χ2v) is 8.15. The zero-order valence-electron chi connectivity index (χ0n) is 15.3. The van der Waals surface area contributed by atoms with Crippen molar-refractivity contribution < 1.29 is 5.11 Å². The number of benzene rings is 2. The molecule has 1 N–H and O–H groups in total. The van der Waals surface area contributed by atoms with Crippen LogP contribution in [-0.2, 0) is 13.0 Å². The molecule has 4 rings (SSSR count). The average molecular weight is 365 g/mol. The highest BCUT2D eigenvalue weighted by atomic mass is 32.1. The minimum Gasteiger partial charge on any atom is -0.392 e. The summed E-state index contributed by atoms with van der Waals surface area (Å²) in [5.74, 6) is 0. The van der Waals surface area contributed by atoms with Gasteiger partial charge in [0.1, 0.15) is 5.01 Å². The van der Waals surface area contributed by atoms with Crippen LogP contribution >= 0.6 is 11.3 Å². The van der Waals surface area contributed by atoms with Crippen molar-refractivity contribution in [2.75, 3.05) is 13.1 Å². The number of aliphatic hydroxyl groups excluding tert-OH is 1. The first-order valence-electron chi connectivity index (χ1n) is 9.16. The van der Waals surface area contributed by atoms with Crippen molar-refractivity contribution in [1.29, 1.82) is 0 Å². The molecule has 26 heavy (non-hydrogen) atoms. The van der Waals surface area contributed by atoms with Gasteiger partial charge in [-0.2, -0.15) is 0 Å². The number of aliphatic hydroxyl groups is 1. The molecule has 1 atom stereocenters. The summed E-state index contributed by atoms with van der Waals surface area (Å²) in [4.78, 5) is 8.63. The zero-order valence-corrected chi connectivity index (χ0v) is 16.1. The van der Waals surface area contributed by atoms with Gasteiger partial charge < -0.3 is 5.11 Å². The Labute approximate surface area is 159 Å². The largest absolute Gasteiger partial charge is 0.392 e. The van der Waals surface area contributed by atoms with E-state index in [0.717, 1.165) is 31.1 Å². The van der Waals surface area contributed by atoms with E-state index in [1.54, 1.807) is 11.3 Å². The monoisotopic (exact) mass is 364 g/mol. The molecule has 1 aliphatic rings. The van der Waals surface area contributed by atoms with E-state index in [1.165, 1.54) is 32.8 Å². The van der Waals surface area contributed by atoms with Gasteiger partial charge in [0, 0.05) is 36.5 Å². The molecule has 134 valence electrons. The summed E-state index contributed by atoms with van der Waals surface area (Å²) in [6.07, 6.45) is 0.685. The second kappa shape index (κ2) is 7.31. The Morgan fingerprint density at radius 1 is 1.12 bits per heavy atom. The van der Waals surface area contributed by atoms with Crippen LogP contribution in [0.5, 0.6) is 0 Å². The lowest BCUT2D eigenvalue weighted by atomic mass is 9.97. The van der Waals surface area contributed by atoms with Crippen molar-refractivity contribution in [1.82, 2.24) is 9.88 Å². The first-order valence-corrected chi connectivity index (χ1v) is 9.98. The van der Waals surface area contributed by atoms with E-state index in [9.17, 15) is 5.11 Å². The van der Waals surface area contributed by atoms with Gasteiger partial charge in [0.25, 0.3) is 0 Å². The fourth-order valence-electron chi connectivity index (χ4n) is 3.69. The van der Waals surface area contributed by atoms with Gasteiger partial charge >= 0.3 is 0 Å². The lowest BCUT2D eigenvalue weighted by Crippen LogP contribution is -2.35. The summed E-state index contributed by atoms with van der Waals surface area (Å²) in [5, 5.41) is 10.8. The summed E-state index contributed by atoms with van der Waals surface area (Å²) in [5.41, 5.74) is 6.26. The number of nitrogens with zero attached hydrogens (tertiary/aromatic N) is 2. The molecule has 0 radical (unpaired) electrons. The fraction of sp³-hybridized carbons (Fsp3) is 0.318. The van der Waals surface area contributed by atoms with Crippen molar-refractivity contribution in [3.8, 4) is 21.7 Å². The summed E-state index contributed by atoms with van der Waals surface area (Å²) in [6.45, 7) is 6.65. The van der Waals surface area contributed by atoms with Gasteiger partial charge in [-0.25, -0.2) is 4.98 Å². The van der Waals surface area contributed by atoms with Gasteiger partial charge in [-0.15, -0.1) is 11.3 Å². The topological polar surface area (TPSA) is 36.4 Å². The molecule has 0 saturated heterocycles. The van der Waals surface area contributed by atoms with Gasteiger partial charge in [-0.3, -0.25) is 4.90 Å². The predicted molar refractivity (Wildman–Crippen MR) is 108 cm³/mol. The second-order valence-electron chi connectivity index (χ2n) is 7.07. The molecule has 0 saturated carbocycles. The van der Waals surface area contributed by atoms with Crippen molar-refractivity contribution in [3.63, 3.8) is 0 Å². The summed E-state index contributed by atoms with van der Waals surface area (Å²) in [6, 6.07) is 17.0. The Morgan fingerprint density at radius 2 is 1.88 bits per heavy atom. The third-order valence-electron chi connectivity index (χ3n) is 4.98. The van der Waals surface area contributed by atoms with Crippen LogP contribution in [0.15, 0.2) is 48.5 Å². The molecule has 4 heteroatoms. The highest BCUT2D eigenvalue weighted by molar-refractivity contribution is 7.15. The first kappa shape index (κ1) is 17.4. The van der Waals surface area contributed by atoms with Gasteiger partial charge in [-0.05, 0) is 30.5 Å². The Kier molecular flexibility index (Phi) is 4.90. The number of fused-ring (bicyclic) bond motifs is 1. The van der Waals surface area contributed by atoms with Crippen molar-refractivity contribution >= 4 is 11.3 Å². The molecule has 2 heterocycles. The highest BCUT2D eigenvalue weighted by Crippen LogP contribution is 2.36. The Bertz CT molecular complexity index is 902. The van der Waals surface area contributed by atoms with Crippen molar-refractivity contribution in [3.05, 3.63) is 64.7 Å². The summed E-state index contributed by atoms with van der Waals surface area (Å²) in [7, 11) is 0. The smallest absolute Gasteiger partial charge is 0.124 e. The molecular weight excluding hydrogens is 340 g/mol. The Morgan fingerprint density at radius 3 is 2.65 bits per heavy atom. The quantitative estimate of drug-likeness (QED) is 0.739. The van der Waals surface area contributed by atoms with Crippen LogP contribution in [0.2, 0.25) is 0 Å². The molecule has 0 aliphatic carbocycles. The van der Waals surface area contributed by atoms with E-state index in [1.807, 2.05) is 6.92 Å². The molecule has 2 aromatic carbocycles. The van der Waals surface area contributed by atoms with Crippen LogP contribution in [0, 0.1) is 6.92 Å². The number of rotatable bonds is 4. The maximum Gasteiger partial charge on any atom is 0.124 e. The summed E-state index contributed by atoms with van der Waals surface area (Å²) >= 11 is 1.80. The third-order valence-corrected chi connectivity index (χ3v) is 6.10. The molecule has 1 aliphatic heterocycles. The zero-order chi connectivity index (χ0) is 18.1. The Balaban J connectivity index is 1.67. The maximum atomic E-state index is 9.66. The van der Waals surface area contributed by atoms with Gasteiger partial charge in [0.05, 0.1) is 11.8 Å². The number of hydrogen-bond donors (Lipinski definition) is 1. The first-order chi connectivity index (χ1) is 12.6. The fourth-order valence-corrected chi connectivity index (χ4v) is 4.92. The van der Waals surface area contributed by atoms with Gasteiger partial charge in [-0.1, -0.05) is 48.5 Å². The van der Waals surface area contributed by atoms with Gasteiger partial charge in [0.15, 0.2) is 0 Å². The Hall–Kier alpha value is -2.01. The standard InChI is InChI=1S/C22H24N2OS/c1-15(25)13-24-12-11-20-21(14-24)26-22(23-20)19-10-6-9-18(16(19)2)17-7-4-3-5-8-17/h3-10,15,25H,11-14H2,1-2H3/t15-/m0/s1. The molecule has 0 bridgehead atoms. The minimum atomic E-state index is -0.284. The van der Waals surface area contributed by atoms with Crippen LogP contribution in [0.1, 0.15) is 23.1 Å². The lowest BCUT2D eigenvalue weighted by Gasteiger charge is -2.26. The van der Waals surface area contributed by atoms with Crippen LogP contribution in [-0.4, -0.2) is 34.2 Å². The van der Waals surface area contributed by atoms with E-state index in [0.29, 0.717) is 0 Å². The average Bonchev–Trinajstić information content (AvgIpc) is 3.05. The number of aromatic nitrogens is 1. The lowest BCUT2D eigenvalue weighted by molar-refractivity contribution is 0.119. The van der Waals surface area contributed by atoms with Crippen LogP contribution < -0.4 is 0 Å². The van der Waals surface area contributed by atoms with Crippen LogP contribution in [0.3, 0.4) is 0 Å². The predicted octanol–water partition coefficient (Wildman–Crippen LogP) is 4.52. The molecule has 3 nitrogen and oxygen atoms in total. The van der Waals surface area contributed by atoms with Crippen LogP contribution in [0.4, 0.5) is 0 Å². The number of thiazole rings is 1. The van der Waals surface area contributed by atoms with Crippen LogP contribution in [0.25, 0.3) is 21.7 Å². The van der Waals surface area contributed by atoms with E-state index >= 15 is 0 Å². The molecule has 0 fully saturated rings. The highest BCUT2D eigenvalue weighted by Gasteiger charge is 2.22. The van der Waals surface area contributed by atoms with Crippen molar-refractivity contribution in [2.24, 2.45) is 0 Å². The molecular formula is C22H24N2OS. The molecule has 3 aromatic rings. The number of hydrogen-bond acceptors (Lipinski definition) is 4. The van der Waals surface area contributed by atoms with E-state index < -0.39 is 0 Å². The minimum absolute atomic E-state index is 0.284. The molecule has 0 unspecified atom stereocenters. The number of β-amino-alcohol motifs (C(OH)–C–C–N with tert-alkyl or cyclic N) is 1. The normalized spacial score (nSPS) is 15.7. The molecule has 1 aromatic heterocycles. The van der Waals surface area contributed by atoms with Gasteiger partial charge in [0.2, 0.25) is 0 Å². The van der Waals surface area contributed by atoms with E-state index in [4.69, 9.17) is 4.98 Å². The third kappa shape index (κ3) is 3.45. The maximum absolute atomic E-state index is 9.66. The van der Waals surface area contributed by atoms with E-state index in [2.05, 4.69) is 60.4 Å². The molecule has 0 spiro atoms. The molecule has 0 amide bonds.